The van der Waals surface area contributed by atoms with Crippen molar-refractivity contribution in [3.8, 4) is 0 Å². The molecule has 0 unspecified atom stereocenters. The predicted molar refractivity (Wildman–Crippen MR) is 105 cm³/mol. The van der Waals surface area contributed by atoms with E-state index in [4.69, 9.17) is 0 Å². The summed E-state index contributed by atoms with van der Waals surface area (Å²) < 4.78 is 11.0. The fourth-order valence-corrected chi connectivity index (χ4v) is 3.43. The molecule has 3 rings (SSSR count). The third-order valence-electron chi connectivity index (χ3n) is 4.11. The maximum atomic E-state index is 12.8. The fraction of sp³-hybridized carbons (Fsp3) is 0.278. The van der Waals surface area contributed by atoms with Crippen LogP contribution in [0.3, 0.4) is 0 Å². The molecule has 0 saturated heterocycles. The van der Waals surface area contributed by atoms with Gasteiger partial charge in [-0.2, -0.15) is 4.37 Å². The van der Waals surface area contributed by atoms with Gasteiger partial charge in [0.15, 0.2) is 5.52 Å². The summed E-state index contributed by atoms with van der Waals surface area (Å²) in [6, 6.07) is 5.79. The molecule has 1 amide bonds. The highest BCUT2D eigenvalue weighted by molar-refractivity contribution is 7.04. The van der Waals surface area contributed by atoms with Gasteiger partial charge in [0.05, 0.1) is 18.2 Å². The number of esters is 1. The van der Waals surface area contributed by atoms with E-state index >= 15 is 0 Å². The van der Waals surface area contributed by atoms with Gasteiger partial charge in [0.2, 0.25) is 5.91 Å². The summed E-state index contributed by atoms with van der Waals surface area (Å²) in [7, 11) is 1.28. The molecule has 0 atom stereocenters. The standard InChI is InChI=1S/C18H18N4O5S/c1-10(2)22-16(24)15-13(9-28-20-15)21(18(22)26)8-14(23)19-12-6-4-11(5-7-12)17(25)27-3/h4-7,9-10H,8H2,1-3H3,(H,19,23). The molecule has 1 aromatic carbocycles. The van der Waals surface area contributed by atoms with E-state index in [-0.39, 0.29) is 18.1 Å². The Hall–Kier alpha value is -3.27. The number of hydrogen-bond donors (Lipinski definition) is 1. The monoisotopic (exact) mass is 402 g/mol. The molecule has 9 nitrogen and oxygen atoms in total. The lowest BCUT2D eigenvalue weighted by Gasteiger charge is -2.14. The van der Waals surface area contributed by atoms with Crippen molar-refractivity contribution in [3.63, 3.8) is 0 Å². The average Bonchev–Trinajstić information content (AvgIpc) is 3.15. The van der Waals surface area contributed by atoms with Gasteiger partial charge in [0.1, 0.15) is 6.54 Å². The molecule has 0 fully saturated rings. The SMILES string of the molecule is COC(=O)c1ccc(NC(=O)Cn2c(=O)n(C(C)C)c(=O)c3nscc32)cc1. The Morgan fingerprint density at radius 2 is 1.89 bits per heavy atom. The molecule has 2 heterocycles. The van der Waals surface area contributed by atoms with E-state index in [1.165, 1.54) is 23.8 Å². The van der Waals surface area contributed by atoms with E-state index in [2.05, 4.69) is 14.4 Å². The van der Waals surface area contributed by atoms with Crippen molar-refractivity contribution < 1.29 is 14.3 Å². The minimum atomic E-state index is -0.566. The Balaban J connectivity index is 1.89. The van der Waals surface area contributed by atoms with Gasteiger partial charge in [0.25, 0.3) is 5.56 Å². The maximum Gasteiger partial charge on any atom is 0.337 e. The lowest BCUT2D eigenvalue weighted by atomic mass is 10.2. The first-order valence-corrected chi connectivity index (χ1v) is 9.24. The van der Waals surface area contributed by atoms with E-state index < -0.39 is 23.1 Å². The average molecular weight is 402 g/mol. The largest absolute Gasteiger partial charge is 0.465 e. The Kier molecular flexibility index (Phi) is 5.41. The van der Waals surface area contributed by atoms with Crippen molar-refractivity contribution in [2.24, 2.45) is 0 Å². The molecular weight excluding hydrogens is 384 g/mol. The Morgan fingerprint density at radius 3 is 2.50 bits per heavy atom. The summed E-state index contributed by atoms with van der Waals surface area (Å²) in [4.78, 5) is 49.1. The third kappa shape index (κ3) is 3.58. The molecule has 0 saturated carbocycles. The van der Waals surface area contributed by atoms with Crippen LogP contribution < -0.4 is 16.6 Å². The Morgan fingerprint density at radius 1 is 1.21 bits per heavy atom. The lowest BCUT2D eigenvalue weighted by Crippen LogP contribution is -2.42. The molecule has 146 valence electrons. The molecule has 0 aliphatic rings. The molecule has 0 aliphatic heterocycles. The number of benzene rings is 1. The number of anilines is 1. The van der Waals surface area contributed by atoms with Gasteiger partial charge < -0.3 is 10.1 Å². The summed E-state index contributed by atoms with van der Waals surface area (Å²) in [5, 5.41) is 4.24. The minimum absolute atomic E-state index is 0.161. The van der Waals surface area contributed by atoms with E-state index in [0.29, 0.717) is 16.8 Å². The number of ether oxygens (including phenoxy) is 1. The highest BCUT2D eigenvalue weighted by Crippen LogP contribution is 2.13. The zero-order chi connectivity index (χ0) is 20.4. The van der Waals surface area contributed by atoms with Crippen LogP contribution in [-0.4, -0.2) is 32.5 Å². The number of carbonyl (C=O) groups is 2. The first kappa shape index (κ1) is 19.5. The summed E-state index contributed by atoms with van der Waals surface area (Å²) >= 11 is 1.05. The van der Waals surface area contributed by atoms with Crippen molar-refractivity contribution in [2.45, 2.75) is 26.4 Å². The molecule has 0 spiro atoms. The number of amides is 1. The Bertz CT molecular complexity index is 1160. The summed E-state index contributed by atoms with van der Waals surface area (Å²) in [6.07, 6.45) is 0. The number of methoxy groups -OCH3 is 1. The van der Waals surface area contributed by atoms with Crippen LogP contribution in [0.4, 0.5) is 5.69 Å². The lowest BCUT2D eigenvalue weighted by molar-refractivity contribution is -0.116. The Labute approximate surface area is 163 Å². The third-order valence-corrected chi connectivity index (χ3v) is 4.72. The number of nitrogens with zero attached hydrogens (tertiary/aromatic N) is 3. The molecule has 2 aromatic heterocycles. The molecular formula is C18H18N4O5S. The van der Waals surface area contributed by atoms with E-state index in [0.717, 1.165) is 16.1 Å². The topological polar surface area (TPSA) is 112 Å². The number of fused-ring (bicyclic) bond motifs is 1. The number of aromatic nitrogens is 3. The highest BCUT2D eigenvalue weighted by atomic mass is 32.1. The van der Waals surface area contributed by atoms with Gasteiger partial charge in [-0.3, -0.25) is 18.7 Å². The smallest absolute Gasteiger partial charge is 0.337 e. The van der Waals surface area contributed by atoms with Gasteiger partial charge in [-0.1, -0.05) is 0 Å². The minimum Gasteiger partial charge on any atom is -0.465 e. The van der Waals surface area contributed by atoms with Crippen LogP contribution in [0.2, 0.25) is 0 Å². The van der Waals surface area contributed by atoms with E-state index in [9.17, 15) is 19.2 Å². The van der Waals surface area contributed by atoms with Gasteiger partial charge in [-0.05, 0) is 49.6 Å². The van der Waals surface area contributed by atoms with Crippen LogP contribution in [0.1, 0.15) is 30.2 Å². The molecule has 10 heteroatoms. The highest BCUT2D eigenvalue weighted by Gasteiger charge is 2.18. The number of carbonyl (C=O) groups excluding carboxylic acids is 2. The first-order valence-electron chi connectivity index (χ1n) is 8.41. The van der Waals surface area contributed by atoms with Crippen molar-refractivity contribution in [2.75, 3.05) is 12.4 Å². The molecule has 3 aromatic rings. The summed E-state index contributed by atoms with van der Waals surface area (Å²) in [5.41, 5.74) is 0.270. The van der Waals surface area contributed by atoms with Crippen molar-refractivity contribution in [3.05, 3.63) is 56.0 Å². The fourth-order valence-electron chi connectivity index (χ4n) is 2.77. The molecule has 0 radical (unpaired) electrons. The van der Waals surface area contributed by atoms with Crippen molar-refractivity contribution >= 4 is 40.1 Å². The molecule has 28 heavy (non-hydrogen) atoms. The van der Waals surface area contributed by atoms with Crippen LogP contribution in [0, 0.1) is 0 Å². The molecule has 0 aliphatic carbocycles. The van der Waals surface area contributed by atoms with Gasteiger partial charge >= 0.3 is 11.7 Å². The predicted octanol–water partition coefficient (Wildman–Crippen LogP) is 1.63. The number of rotatable bonds is 5. The van der Waals surface area contributed by atoms with Crippen molar-refractivity contribution in [1.82, 2.24) is 13.5 Å². The van der Waals surface area contributed by atoms with Crippen LogP contribution in [0.15, 0.2) is 39.2 Å². The van der Waals surface area contributed by atoms with Crippen LogP contribution in [0.25, 0.3) is 11.0 Å². The van der Waals surface area contributed by atoms with Crippen LogP contribution in [-0.2, 0) is 16.1 Å². The number of hydrogen-bond acceptors (Lipinski definition) is 7. The number of nitrogens with one attached hydrogen (secondary N) is 1. The van der Waals surface area contributed by atoms with Crippen molar-refractivity contribution in [1.29, 1.82) is 0 Å². The quantitative estimate of drug-likeness (QED) is 0.649. The first-order chi connectivity index (χ1) is 13.3. The molecule has 1 N–H and O–H groups in total. The van der Waals surface area contributed by atoms with E-state index in [1.54, 1.807) is 31.4 Å². The van der Waals surface area contributed by atoms with Crippen LogP contribution in [0.5, 0.6) is 0 Å². The van der Waals surface area contributed by atoms with Gasteiger partial charge in [-0.25, -0.2) is 9.59 Å². The maximum absolute atomic E-state index is 12.8. The summed E-state index contributed by atoms with van der Waals surface area (Å²) in [5.74, 6) is -0.929. The second-order valence-corrected chi connectivity index (χ2v) is 6.93. The van der Waals surface area contributed by atoms with Gasteiger partial charge in [-0.15, -0.1) is 0 Å². The normalized spacial score (nSPS) is 11.0. The zero-order valence-corrected chi connectivity index (χ0v) is 16.3. The summed E-state index contributed by atoms with van der Waals surface area (Å²) in [6.45, 7) is 3.15. The second-order valence-electron chi connectivity index (χ2n) is 6.30. The van der Waals surface area contributed by atoms with Crippen LogP contribution >= 0.6 is 11.5 Å². The second kappa shape index (κ2) is 7.77. The zero-order valence-electron chi connectivity index (χ0n) is 15.5. The van der Waals surface area contributed by atoms with E-state index in [1.807, 2.05) is 0 Å². The van der Waals surface area contributed by atoms with Gasteiger partial charge in [0, 0.05) is 17.1 Å². The molecule has 0 bridgehead atoms.